The van der Waals surface area contributed by atoms with Crippen LogP contribution in [0.1, 0.15) is 28.7 Å². The zero-order chi connectivity index (χ0) is 18.1. The molecule has 1 heterocycles. The van der Waals surface area contributed by atoms with Crippen molar-refractivity contribution in [1.29, 1.82) is 0 Å². The SMILES string of the molecule is Cc1cccc(N2CC(C(=O)Nc3c(C)cc(C)cc3C)CC2=O)c1. The Morgan fingerprint density at radius 3 is 2.36 bits per heavy atom. The summed E-state index contributed by atoms with van der Waals surface area (Å²) in [5.41, 5.74) is 6.09. The van der Waals surface area contributed by atoms with Gasteiger partial charge in [0.05, 0.1) is 5.92 Å². The van der Waals surface area contributed by atoms with Crippen molar-refractivity contribution in [3.8, 4) is 0 Å². The summed E-state index contributed by atoms with van der Waals surface area (Å²) in [4.78, 5) is 26.8. The highest BCUT2D eigenvalue weighted by atomic mass is 16.2. The molecule has 0 aliphatic carbocycles. The second kappa shape index (κ2) is 6.71. The molecule has 0 bridgehead atoms. The third-order valence-electron chi connectivity index (χ3n) is 4.73. The molecule has 1 aliphatic heterocycles. The normalized spacial score (nSPS) is 17.0. The van der Waals surface area contributed by atoms with Crippen molar-refractivity contribution in [2.75, 3.05) is 16.8 Å². The van der Waals surface area contributed by atoms with Crippen LogP contribution in [0, 0.1) is 33.6 Å². The second-order valence-corrected chi connectivity index (χ2v) is 7.01. The van der Waals surface area contributed by atoms with Crippen molar-refractivity contribution in [2.24, 2.45) is 5.92 Å². The average Bonchev–Trinajstić information content (AvgIpc) is 2.92. The van der Waals surface area contributed by atoms with Gasteiger partial charge >= 0.3 is 0 Å². The molecule has 1 unspecified atom stereocenters. The van der Waals surface area contributed by atoms with Crippen LogP contribution >= 0.6 is 0 Å². The van der Waals surface area contributed by atoms with E-state index < -0.39 is 0 Å². The predicted octanol–water partition coefficient (Wildman–Crippen LogP) is 3.91. The molecule has 2 amide bonds. The van der Waals surface area contributed by atoms with Gasteiger partial charge in [0.1, 0.15) is 0 Å². The summed E-state index contributed by atoms with van der Waals surface area (Å²) in [7, 11) is 0. The van der Waals surface area contributed by atoms with Gasteiger partial charge in [-0.1, -0.05) is 29.8 Å². The molecule has 0 spiro atoms. The first-order chi connectivity index (χ1) is 11.8. The Kier molecular flexibility index (Phi) is 4.62. The maximum Gasteiger partial charge on any atom is 0.229 e. The first kappa shape index (κ1) is 17.2. The lowest BCUT2D eigenvalue weighted by Gasteiger charge is -2.18. The summed E-state index contributed by atoms with van der Waals surface area (Å²) in [6.07, 6.45) is 0.254. The Balaban J connectivity index is 1.75. The Bertz CT molecular complexity index is 819. The van der Waals surface area contributed by atoms with E-state index in [0.717, 1.165) is 28.1 Å². The molecule has 3 rings (SSSR count). The average molecular weight is 336 g/mol. The smallest absolute Gasteiger partial charge is 0.229 e. The molecule has 0 aromatic heterocycles. The maximum absolute atomic E-state index is 12.7. The number of amides is 2. The highest BCUT2D eigenvalue weighted by molar-refractivity contribution is 6.04. The summed E-state index contributed by atoms with van der Waals surface area (Å²) in [5, 5.41) is 3.03. The van der Waals surface area contributed by atoms with E-state index in [1.54, 1.807) is 4.90 Å². The molecule has 1 aliphatic rings. The van der Waals surface area contributed by atoms with E-state index in [0.29, 0.717) is 6.54 Å². The molecule has 25 heavy (non-hydrogen) atoms. The van der Waals surface area contributed by atoms with Crippen molar-refractivity contribution in [3.63, 3.8) is 0 Å². The summed E-state index contributed by atoms with van der Waals surface area (Å²) >= 11 is 0. The standard InChI is InChI=1S/C21H24N2O2/c1-13-6-5-7-18(10-13)23-12-17(11-19(23)24)21(25)22-20-15(3)8-14(2)9-16(20)4/h5-10,17H,11-12H2,1-4H3,(H,22,25). The Labute approximate surface area is 148 Å². The monoisotopic (exact) mass is 336 g/mol. The molecule has 1 saturated heterocycles. The molecule has 2 aromatic carbocycles. The van der Waals surface area contributed by atoms with Gasteiger partial charge in [0.25, 0.3) is 0 Å². The van der Waals surface area contributed by atoms with Crippen LogP contribution in [0.2, 0.25) is 0 Å². The van der Waals surface area contributed by atoms with Gasteiger partial charge in [-0.15, -0.1) is 0 Å². The molecular formula is C21H24N2O2. The number of benzene rings is 2. The first-order valence-corrected chi connectivity index (χ1v) is 8.61. The molecule has 1 N–H and O–H groups in total. The molecule has 0 saturated carbocycles. The summed E-state index contributed by atoms with van der Waals surface area (Å²) in [6, 6.07) is 11.9. The third-order valence-corrected chi connectivity index (χ3v) is 4.73. The van der Waals surface area contributed by atoms with E-state index in [9.17, 15) is 9.59 Å². The number of aryl methyl sites for hydroxylation is 4. The Hall–Kier alpha value is -2.62. The minimum Gasteiger partial charge on any atom is -0.325 e. The van der Waals surface area contributed by atoms with E-state index in [2.05, 4.69) is 17.4 Å². The predicted molar refractivity (Wildman–Crippen MR) is 101 cm³/mol. The number of hydrogen-bond acceptors (Lipinski definition) is 2. The van der Waals surface area contributed by atoms with Gasteiger partial charge in [-0.25, -0.2) is 0 Å². The third kappa shape index (κ3) is 3.58. The lowest BCUT2D eigenvalue weighted by atomic mass is 10.0. The number of hydrogen-bond donors (Lipinski definition) is 1. The van der Waals surface area contributed by atoms with Gasteiger partial charge in [-0.2, -0.15) is 0 Å². The highest BCUT2D eigenvalue weighted by Gasteiger charge is 2.35. The molecule has 0 radical (unpaired) electrons. The van der Waals surface area contributed by atoms with Gasteiger partial charge in [0, 0.05) is 24.3 Å². The van der Waals surface area contributed by atoms with Crippen molar-refractivity contribution >= 4 is 23.2 Å². The van der Waals surface area contributed by atoms with Crippen LogP contribution in [-0.4, -0.2) is 18.4 Å². The zero-order valence-corrected chi connectivity index (χ0v) is 15.2. The lowest BCUT2D eigenvalue weighted by Crippen LogP contribution is -2.28. The van der Waals surface area contributed by atoms with E-state index >= 15 is 0 Å². The molecular weight excluding hydrogens is 312 g/mol. The number of nitrogens with zero attached hydrogens (tertiary/aromatic N) is 1. The lowest BCUT2D eigenvalue weighted by molar-refractivity contribution is -0.122. The second-order valence-electron chi connectivity index (χ2n) is 7.01. The Morgan fingerprint density at radius 2 is 1.72 bits per heavy atom. The van der Waals surface area contributed by atoms with Crippen molar-refractivity contribution < 1.29 is 9.59 Å². The fourth-order valence-corrected chi connectivity index (χ4v) is 3.53. The van der Waals surface area contributed by atoms with Crippen LogP contribution < -0.4 is 10.2 Å². The van der Waals surface area contributed by atoms with Gasteiger partial charge in [0.15, 0.2) is 0 Å². The minimum atomic E-state index is -0.326. The van der Waals surface area contributed by atoms with Crippen LogP contribution in [0.4, 0.5) is 11.4 Å². The van der Waals surface area contributed by atoms with Crippen LogP contribution in [-0.2, 0) is 9.59 Å². The van der Waals surface area contributed by atoms with Crippen molar-refractivity contribution in [3.05, 3.63) is 58.7 Å². The van der Waals surface area contributed by atoms with E-state index in [1.165, 1.54) is 5.56 Å². The van der Waals surface area contributed by atoms with Crippen molar-refractivity contribution in [1.82, 2.24) is 0 Å². The maximum atomic E-state index is 12.7. The molecule has 2 aromatic rings. The summed E-state index contributed by atoms with van der Waals surface area (Å²) in [6.45, 7) is 8.46. The van der Waals surface area contributed by atoms with Crippen LogP contribution in [0.25, 0.3) is 0 Å². The Morgan fingerprint density at radius 1 is 1.04 bits per heavy atom. The highest BCUT2D eigenvalue weighted by Crippen LogP contribution is 2.28. The zero-order valence-electron chi connectivity index (χ0n) is 15.2. The quantitative estimate of drug-likeness (QED) is 0.924. The van der Waals surface area contributed by atoms with Gasteiger partial charge in [-0.05, 0) is 56.5 Å². The number of carbonyl (C=O) groups excluding carboxylic acids is 2. The molecule has 4 nitrogen and oxygen atoms in total. The summed E-state index contributed by atoms with van der Waals surface area (Å²) in [5.74, 6) is -0.408. The van der Waals surface area contributed by atoms with Gasteiger partial charge in [-0.3, -0.25) is 9.59 Å². The van der Waals surface area contributed by atoms with Crippen LogP contribution in [0.5, 0.6) is 0 Å². The van der Waals surface area contributed by atoms with Crippen molar-refractivity contribution in [2.45, 2.75) is 34.1 Å². The first-order valence-electron chi connectivity index (χ1n) is 8.61. The largest absolute Gasteiger partial charge is 0.325 e. The number of anilines is 2. The van der Waals surface area contributed by atoms with E-state index in [-0.39, 0.29) is 24.2 Å². The number of carbonyl (C=O) groups is 2. The number of rotatable bonds is 3. The van der Waals surface area contributed by atoms with Gasteiger partial charge < -0.3 is 10.2 Å². The van der Waals surface area contributed by atoms with E-state index in [4.69, 9.17) is 0 Å². The minimum absolute atomic E-state index is 0.00287. The summed E-state index contributed by atoms with van der Waals surface area (Å²) < 4.78 is 0. The van der Waals surface area contributed by atoms with E-state index in [1.807, 2.05) is 52.0 Å². The fraction of sp³-hybridized carbons (Fsp3) is 0.333. The molecule has 1 atom stereocenters. The molecule has 4 heteroatoms. The molecule has 130 valence electrons. The van der Waals surface area contributed by atoms with Gasteiger partial charge in [0.2, 0.25) is 11.8 Å². The van der Waals surface area contributed by atoms with Crippen LogP contribution in [0.3, 0.4) is 0 Å². The number of nitrogens with one attached hydrogen (secondary N) is 1. The fourth-order valence-electron chi connectivity index (χ4n) is 3.53. The topological polar surface area (TPSA) is 49.4 Å². The van der Waals surface area contributed by atoms with Crippen LogP contribution in [0.15, 0.2) is 36.4 Å². The molecule has 1 fully saturated rings.